The van der Waals surface area contributed by atoms with E-state index in [1.165, 1.54) is 6.92 Å². The number of rotatable bonds is 15. The predicted octanol–water partition coefficient (Wildman–Crippen LogP) is 4.28. The van der Waals surface area contributed by atoms with E-state index in [0.717, 1.165) is 44.8 Å². The molecule has 0 aromatic heterocycles. The van der Waals surface area contributed by atoms with E-state index >= 15 is 0 Å². The minimum atomic E-state index is -0.515. The van der Waals surface area contributed by atoms with Crippen molar-refractivity contribution in [3.8, 4) is 0 Å². The lowest BCUT2D eigenvalue weighted by atomic mass is 10.2. The molecule has 0 aliphatic rings. The van der Waals surface area contributed by atoms with Gasteiger partial charge in [-0.15, -0.1) is 0 Å². The number of carbonyl (C=O) groups is 2. The Morgan fingerprint density at radius 3 is 2.17 bits per heavy atom. The van der Waals surface area contributed by atoms with Crippen molar-refractivity contribution in [2.45, 2.75) is 71.5 Å². The van der Waals surface area contributed by atoms with Crippen LogP contribution in [0.4, 0.5) is 0 Å². The van der Waals surface area contributed by atoms with Gasteiger partial charge in [-0.25, -0.2) is 4.79 Å². The molecule has 0 heterocycles. The molecular weight excluding hydrogens is 296 g/mol. The van der Waals surface area contributed by atoms with Crippen LogP contribution in [0.2, 0.25) is 0 Å². The summed E-state index contributed by atoms with van der Waals surface area (Å²) in [5.41, 5.74) is 0. The van der Waals surface area contributed by atoms with Gasteiger partial charge in [0.25, 0.3) is 0 Å². The van der Waals surface area contributed by atoms with Gasteiger partial charge in [0, 0.05) is 26.4 Å². The normalized spacial score (nSPS) is 12.8. The number of hydrogen-bond donors (Lipinski definition) is 0. The quantitative estimate of drug-likeness (QED) is 0.112. The van der Waals surface area contributed by atoms with Gasteiger partial charge in [0.1, 0.15) is 6.29 Å². The van der Waals surface area contributed by atoms with Crippen molar-refractivity contribution < 1.29 is 24.1 Å². The van der Waals surface area contributed by atoms with Crippen LogP contribution in [0.3, 0.4) is 0 Å². The predicted molar refractivity (Wildman–Crippen MR) is 89.5 cm³/mol. The van der Waals surface area contributed by atoms with Crippen molar-refractivity contribution >= 4 is 12.3 Å². The number of aldehydes is 1. The molecule has 0 radical (unpaired) electrons. The first-order valence-electron chi connectivity index (χ1n) is 8.39. The largest absolute Gasteiger partial charge is 0.349 e. The maximum Gasteiger partial charge on any atom is 0.339 e. The Balaban J connectivity index is 3.81. The summed E-state index contributed by atoms with van der Waals surface area (Å²) in [6.45, 7) is 3.98. The highest BCUT2D eigenvalue weighted by atomic mass is 17.2. The summed E-state index contributed by atoms with van der Waals surface area (Å²) in [5, 5.41) is 0. The van der Waals surface area contributed by atoms with E-state index < -0.39 is 12.3 Å². The Labute approximate surface area is 139 Å². The highest BCUT2D eigenvalue weighted by Gasteiger charge is 2.11. The van der Waals surface area contributed by atoms with Crippen LogP contribution >= 0.6 is 0 Å². The molecule has 132 valence electrons. The third-order valence-electron chi connectivity index (χ3n) is 2.93. The topological polar surface area (TPSA) is 61.8 Å². The van der Waals surface area contributed by atoms with Crippen LogP contribution in [-0.2, 0) is 24.1 Å². The SMILES string of the molecule is CCCCOC(CC/C=C/CC/C=C/CCC=O)OOC(C)=O. The smallest absolute Gasteiger partial charge is 0.339 e. The first-order valence-corrected chi connectivity index (χ1v) is 8.39. The van der Waals surface area contributed by atoms with Crippen molar-refractivity contribution in [3.63, 3.8) is 0 Å². The van der Waals surface area contributed by atoms with Crippen molar-refractivity contribution in [3.05, 3.63) is 24.3 Å². The Morgan fingerprint density at radius 1 is 1.00 bits per heavy atom. The second-order valence-electron chi connectivity index (χ2n) is 5.17. The first-order chi connectivity index (χ1) is 11.2. The number of allylic oxidation sites excluding steroid dienone is 4. The molecule has 1 unspecified atom stereocenters. The van der Waals surface area contributed by atoms with E-state index in [9.17, 15) is 9.59 Å². The molecule has 5 heteroatoms. The summed E-state index contributed by atoms with van der Waals surface area (Å²) in [6, 6.07) is 0. The molecule has 0 saturated heterocycles. The second kappa shape index (κ2) is 16.9. The summed E-state index contributed by atoms with van der Waals surface area (Å²) < 4.78 is 5.54. The summed E-state index contributed by atoms with van der Waals surface area (Å²) in [4.78, 5) is 30.5. The molecule has 0 aromatic carbocycles. The number of carbonyl (C=O) groups excluding carboxylic acids is 2. The van der Waals surface area contributed by atoms with Gasteiger partial charge < -0.3 is 9.53 Å². The molecule has 0 aliphatic carbocycles. The highest BCUT2D eigenvalue weighted by Crippen LogP contribution is 2.08. The van der Waals surface area contributed by atoms with Gasteiger partial charge in [-0.05, 0) is 32.1 Å². The van der Waals surface area contributed by atoms with Gasteiger partial charge in [-0.3, -0.25) is 4.89 Å². The zero-order valence-corrected chi connectivity index (χ0v) is 14.4. The van der Waals surface area contributed by atoms with E-state index in [2.05, 4.69) is 30.0 Å². The molecule has 0 rings (SSSR count). The van der Waals surface area contributed by atoms with Gasteiger partial charge in [0.2, 0.25) is 6.29 Å². The summed E-state index contributed by atoms with van der Waals surface area (Å²) in [5.74, 6) is -0.481. The van der Waals surface area contributed by atoms with Crippen LogP contribution in [0.1, 0.15) is 65.2 Å². The minimum absolute atomic E-state index is 0.481. The average molecular weight is 326 g/mol. The monoisotopic (exact) mass is 326 g/mol. The maximum atomic E-state index is 10.8. The molecule has 1 atom stereocenters. The van der Waals surface area contributed by atoms with E-state index in [4.69, 9.17) is 9.62 Å². The maximum absolute atomic E-state index is 10.8. The van der Waals surface area contributed by atoms with Crippen LogP contribution in [-0.4, -0.2) is 25.2 Å². The molecule has 0 N–H and O–H groups in total. The molecular formula is C18H30O5. The Bertz CT molecular complexity index is 349. The van der Waals surface area contributed by atoms with Crippen LogP contribution < -0.4 is 0 Å². The van der Waals surface area contributed by atoms with E-state index in [1.54, 1.807) is 0 Å². The van der Waals surface area contributed by atoms with Crippen molar-refractivity contribution in [2.75, 3.05) is 6.61 Å². The Kier molecular flexibility index (Phi) is 15.8. The molecule has 23 heavy (non-hydrogen) atoms. The average Bonchev–Trinajstić information content (AvgIpc) is 2.53. The standard InChI is InChI=1S/C18H30O5/c1-3-4-16-21-18(23-22-17(2)20)14-12-10-8-6-5-7-9-11-13-15-19/h7-10,15,18H,3-6,11-14,16H2,1-2H3/b9-7+,10-8+. The van der Waals surface area contributed by atoms with Gasteiger partial charge in [-0.1, -0.05) is 37.6 Å². The summed E-state index contributed by atoms with van der Waals surface area (Å²) in [6.07, 6.45) is 15.5. The molecule has 5 nitrogen and oxygen atoms in total. The molecule has 0 saturated carbocycles. The van der Waals surface area contributed by atoms with Gasteiger partial charge in [0.15, 0.2) is 0 Å². The Hall–Kier alpha value is -1.46. The molecule has 0 bridgehead atoms. The van der Waals surface area contributed by atoms with Crippen LogP contribution in [0, 0.1) is 0 Å². The van der Waals surface area contributed by atoms with Gasteiger partial charge >= 0.3 is 5.97 Å². The van der Waals surface area contributed by atoms with Crippen LogP contribution in [0.15, 0.2) is 24.3 Å². The lowest BCUT2D eigenvalue weighted by Crippen LogP contribution is -2.19. The Morgan fingerprint density at radius 2 is 1.61 bits per heavy atom. The molecule has 0 aliphatic heterocycles. The molecule has 0 spiro atoms. The van der Waals surface area contributed by atoms with Crippen molar-refractivity contribution in [2.24, 2.45) is 0 Å². The second-order valence-corrected chi connectivity index (χ2v) is 5.17. The first kappa shape index (κ1) is 21.5. The van der Waals surface area contributed by atoms with E-state index in [0.29, 0.717) is 19.4 Å². The lowest BCUT2D eigenvalue weighted by molar-refractivity contribution is -0.352. The van der Waals surface area contributed by atoms with E-state index in [1.807, 2.05) is 6.08 Å². The fourth-order valence-electron chi connectivity index (χ4n) is 1.70. The van der Waals surface area contributed by atoms with Crippen LogP contribution in [0.5, 0.6) is 0 Å². The fourth-order valence-corrected chi connectivity index (χ4v) is 1.70. The third-order valence-corrected chi connectivity index (χ3v) is 2.93. The number of hydrogen-bond acceptors (Lipinski definition) is 5. The van der Waals surface area contributed by atoms with E-state index in [-0.39, 0.29) is 0 Å². The number of ether oxygens (including phenoxy) is 1. The molecule has 0 amide bonds. The van der Waals surface area contributed by atoms with Crippen molar-refractivity contribution in [1.29, 1.82) is 0 Å². The summed E-state index contributed by atoms with van der Waals surface area (Å²) in [7, 11) is 0. The van der Waals surface area contributed by atoms with Crippen molar-refractivity contribution in [1.82, 2.24) is 0 Å². The molecule has 0 aromatic rings. The number of unbranched alkanes of at least 4 members (excludes halogenated alkanes) is 3. The minimum Gasteiger partial charge on any atom is -0.349 e. The zero-order valence-electron chi connectivity index (χ0n) is 14.4. The lowest BCUT2D eigenvalue weighted by Gasteiger charge is -2.15. The van der Waals surface area contributed by atoms with Gasteiger partial charge in [0.05, 0.1) is 0 Å². The highest BCUT2D eigenvalue weighted by molar-refractivity contribution is 5.65. The fraction of sp³-hybridized carbons (Fsp3) is 0.667. The molecule has 0 fully saturated rings. The summed E-state index contributed by atoms with van der Waals surface area (Å²) >= 11 is 0. The third kappa shape index (κ3) is 16.7. The van der Waals surface area contributed by atoms with Gasteiger partial charge in [-0.2, -0.15) is 4.89 Å². The zero-order chi connectivity index (χ0) is 17.2. The van der Waals surface area contributed by atoms with Crippen LogP contribution in [0.25, 0.3) is 0 Å².